The van der Waals surface area contributed by atoms with Crippen molar-refractivity contribution in [3.8, 4) is 22.2 Å². The van der Waals surface area contributed by atoms with Crippen molar-refractivity contribution in [2.24, 2.45) is 0 Å². The number of nitrogens with zero attached hydrogens (tertiary/aromatic N) is 3. The normalized spacial score (nSPS) is 15.9. The first kappa shape index (κ1) is 16.7. The second kappa shape index (κ2) is 6.04. The first-order valence-corrected chi connectivity index (χ1v) is 9.83. The van der Waals surface area contributed by atoms with E-state index in [2.05, 4.69) is 23.0 Å². The number of thiazole rings is 1. The van der Waals surface area contributed by atoms with E-state index in [0.29, 0.717) is 10.9 Å². The van der Waals surface area contributed by atoms with Crippen molar-refractivity contribution in [2.75, 3.05) is 7.11 Å². The van der Waals surface area contributed by atoms with Gasteiger partial charge in [0.25, 0.3) is 0 Å². The van der Waals surface area contributed by atoms with Gasteiger partial charge in [-0.15, -0.1) is 11.3 Å². The molecule has 2 aromatic carbocycles. The molecule has 0 radical (unpaired) electrons. The molecule has 5 nitrogen and oxygen atoms in total. The topological polar surface area (TPSA) is 57.1 Å². The Bertz CT molecular complexity index is 1220. The lowest BCUT2D eigenvalue weighted by Gasteiger charge is -2.06. The van der Waals surface area contributed by atoms with E-state index in [4.69, 9.17) is 26.1 Å². The maximum absolute atomic E-state index is 6.50. The number of rotatable bonds is 2. The third-order valence-corrected chi connectivity index (χ3v) is 6.15. The van der Waals surface area contributed by atoms with Crippen molar-refractivity contribution in [3.63, 3.8) is 0 Å². The molecule has 4 aromatic rings. The van der Waals surface area contributed by atoms with Gasteiger partial charge in [-0.25, -0.2) is 15.0 Å². The summed E-state index contributed by atoms with van der Waals surface area (Å²) < 4.78 is 12.2. The zero-order valence-electron chi connectivity index (χ0n) is 15.0. The zero-order valence-corrected chi connectivity index (χ0v) is 16.6. The molecule has 27 heavy (non-hydrogen) atoms. The Kier molecular flexibility index (Phi) is 3.74. The number of ether oxygens (including phenoxy) is 2. The molecule has 0 saturated heterocycles. The average Bonchev–Trinajstić information content (AvgIpc) is 3.24. The highest BCUT2D eigenvalue weighted by Gasteiger charge is 2.26. The highest BCUT2D eigenvalue weighted by molar-refractivity contribution is 7.22. The molecule has 1 unspecified atom stereocenters. The summed E-state index contributed by atoms with van der Waals surface area (Å²) >= 11 is 8.13. The van der Waals surface area contributed by atoms with Gasteiger partial charge < -0.3 is 9.47 Å². The predicted molar refractivity (Wildman–Crippen MR) is 108 cm³/mol. The number of aromatic nitrogens is 3. The van der Waals surface area contributed by atoms with Crippen molar-refractivity contribution in [1.29, 1.82) is 0 Å². The molecule has 0 N–H and O–H groups in total. The molecule has 1 aliphatic rings. The van der Waals surface area contributed by atoms with Gasteiger partial charge in [0.05, 0.1) is 34.1 Å². The van der Waals surface area contributed by atoms with E-state index >= 15 is 0 Å². The van der Waals surface area contributed by atoms with E-state index in [-0.39, 0.29) is 6.10 Å². The van der Waals surface area contributed by atoms with Crippen LogP contribution in [0.15, 0.2) is 24.4 Å². The van der Waals surface area contributed by atoms with Crippen LogP contribution in [0.5, 0.6) is 11.6 Å². The van der Waals surface area contributed by atoms with Gasteiger partial charge in [0.1, 0.15) is 22.4 Å². The van der Waals surface area contributed by atoms with Gasteiger partial charge in [-0.3, -0.25) is 0 Å². The van der Waals surface area contributed by atoms with Crippen LogP contribution in [0.25, 0.3) is 31.8 Å². The number of fused-ring (bicyclic) bond motifs is 4. The molecule has 0 fully saturated rings. The molecule has 1 atom stereocenters. The van der Waals surface area contributed by atoms with Crippen molar-refractivity contribution in [1.82, 2.24) is 15.0 Å². The van der Waals surface area contributed by atoms with E-state index in [1.165, 1.54) is 5.56 Å². The first-order chi connectivity index (χ1) is 13.0. The average molecular weight is 398 g/mol. The third kappa shape index (κ3) is 2.63. The minimum absolute atomic E-state index is 0.158. The fourth-order valence-corrected chi connectivity index (χ4v) is 4.98. The molecule has 3 heterocycles. The zero-order chi connectivity index (χ0) is 18.7. The molecule has 0 saturated carbocycles. The van der Waals surface area contributed by atoms with Gasteiger partial charge >= 0.3 is 0 Å². The lowest BCUT2D eigenvalue weighted by atomic mass is 10.1. The Balaban J connectivity index is 1.77. The number of hydrogen-bond donors (Lipinski definition) is 0. The SMILES string of the molecule is COc1cnc2c(-c3nc4c(Cl)cc5c(c4s3)CC(C)O5)cc(C)cc2n1. The van der Waals surface area contributed by atoms with Crippen molar-refractivity contribution in [3.05, 3.63) is 40.5 Å². The third-order valence-electron chi connectivity index (χ3n) is 4.71. The molecular weight excluding hydrogens is 382 g/mol. The smallest absolute Gasteiger partial charge is 0.232 e. The molecule has 5 rings (SSSR count). The lowest BCUT2D eigenvalue weighted by Crippen LogP contribution is -2.05. The van der Waals surface area contributed by atoms with Crippen LogP contribution in [0.3, 0.4) is 0 Å². The molecule has 0 amide bonds. The van der Waals surface area contributed by atoms with E-state index in [0.717, 1.165) is 49.6 Å². The van der Waals surface area contributed by atoms with Crippen LogP contribution >= 0.6 is 22.9 Å². The molecule has 0 spiro atoms. The Morgan fingerprint density at radius 2 is 2.07 bits per heavy atom. The summed E-state index contributed by atoms with van der Waals surface area (Å²) in [6, 6.07) is 5.97. The summed E-state index contributed by atoms with van der Waals surface area (Å²) in [5.41, 5.74) is 5.65. The summed E-state index contributed by atoms with van der Waals surface area (Å²) in [5.74, 6) is 1.36. The second-order valence-corrected chi connectivity index (χ2v) is 8.16. The van der Waals surface area contributed by atoms with Gasteiger partial charge in [0.15, 0.2) is 0 Å². The standard InChI is InChI=1S/C20H16ClN3O2S/c1-9-4-12(17-14(5-9)23-16(25-3)8-22-17)20-24-18-13(21)7-15-11(19(18)27-20)6-10(2)26-15/h4-5,7-8,10H,6H2,1-3H3. The van der Waals surface area contributed by atoms with E-state index < -0.39 is 0 Å². The molecule has 7 heteroatoms. The monoisotopic (exact) mass is 397 g/mol. The van der Waals surface area contributed by atoms with Gasteiger partial charge in [-0.1, -0.05) is 11.6 Å². The van der Waals surface area contributed by atoms with E-state index in [9.17, 15) is 0 Å². The minimum Gasteiger partial charge on any atom is -0.490 e. The van der Waals surface area contributed by atoms with Gasteiger partial charge in [0, 0.05) is 23.6 Å². The Morgan fingerprint density at radius 1 is 1.22 bits per heavy atom. The summed E-state index contributed by atoms with van der Waals surface area (Å²) in [7, 11) is 1.59. The van der Waals surface area contributed by atoms with Crippen LogP contribution in [0.2, 0.25) is 5.02 Å². The number of aryl methyl sites for hydroxylation is 1. The van der Waals surface area contributed by atoms with Crippen molar-refractivity contribution < 1.29 is 9.47 Å². The molecule has 136 valence electrons. The summed E-state index contributed by atoms with van der Waals surface area (Å²) in [4.78, 5) is 13.9. The van der Waals surface area contributed by atoms with Crippen LogP contribution in [-0.2, 0) is 6.42 Å². The number of hydrogen-bond acceptors (Lipinski definition) is 6. The van der Waals surface area contributed by atoms with Crippen LogP contribution in [-0.4, -0.2) is 28.2 Å². The molecular formula is C20H16ClN3O2S. The van der Waals surface area contributed by atoms with Crippen molar-refractivity contribution >= 4 is 44.2 Å². The lowest BCUT2D eigenvalue weighted by molar-refractivity contribution is 0.254. The van der Waals surface area contributed by atoms with Crippen LogP contribution in [0.1, 0.15) is 18.1 Å². The fraction of sp³-hybridized carbons (Fsp3) is 0.250. The molecule has 2 aromatic heterocycles. The van der Waals surface area contributed by atoms with Crippen LogP contribution in [0, 0.1) is 6.92 Å². The number of methoxy groups -OCH3 is 1. The number of benzene rings is 2. The maximum atomic E-state index is 6.50. The van der Waals surface area contributed by atoms with E-state index in [1.807, 2.05) is 19.1 Å². The summed E-state index contributed by atoms with van der Waals surface area (Å²) in [6.07, 6.45) is 2.66. The summed E-state index contributed by atoms with van der Waals surface area (Å²) in [5, 5.41) is 1.50. The van der Waals surface area contributed by atoms with E-state index in [1.54, 1.807) is 24.6 Å². The Labute approximate surface area is 165 Å². The van der Waals surface area contributed by atoms with Gasteiger partial charge in [-0.05, 0) is 31.5 Å². The van der Waals surface area contributed by atoms with Gasteiger partial charge in [-0.2, -0.15) is 0 Å². The Morgan fingerprint density at radius 3 is 2.89 bits per heavy atom. The minimum atomic E-state index is 0.158. The largest absolute Gasteiger partial charge is 0.490 e. The Hall–Kier alpha value is -2.44. The van der Waals surface area contributed by atoms with Crippen LogP contribution in [0.4, 0.5) is 0 Å². The van der Waals surface area contributed by atoms with Gasteiger partial charge in [0.2, 0.25) is 5.88 Å². The fourth-order valence-electron chi connectivity index (χ4n) is 3.54. The first-order valence-electron chi connectivity index (χ1n) is 8.64. The maximum Gasteiger partial charge on any atom is 0.232 e. The molecule has 0 bridgehead atoms. The van der Waals surface area contributed by atoms with Crippen LogP contribution < -0.4 is 9.47 Å². The quantitative estimate of drug-likeness (QED) is 0.465. The molecule has 1 aliphatic heterocycles. The summed E-state index contributed by atoms with van der Waals surface area (Å²) in [6.45, 7) is 4.11. The number of halogens is 1. The predicted octanol–water partition coefficient (Wildman–Crippen LogP) is 5.20. The highest BCUT2D eigenvalue weighted by Crippen LogP contribution is 2.44. The van der Waals surface area contributed by atoms with Crippen molar-refractivity contribution in [2.45, 2.75) is 26.4 Å². The highest BCUT2D eigenvalue weighted by atomic mass is 35.5. The second-order valence-electron chi connectivity index (χ2n) is 6.76. The molecule has 0 aliphatic carbocycles.